The summed E-state index contributed by atoms with van der Waals surface area (Å²) < 4.78 is 7.65. The SMILES string of the molecule is Cc1cc(C)n(CCCNC(=NCC(=O)N(C)C)NCC2CCCO2)n1. The van der Waals surface area contributed by atoms with Crippen LogP contribution in [-0.2, 0) is 16.1 Å². The highest BCUT2D eigenvalue weighted by Gasteiger charge is 2.15. The highest BCUT2D eigenvalue weighted by molar-refractivity contribution is 5.84. The number of aliphatic imine (C=N–C) groups is 1. The summed E-state index contributed by atoms with van der Waals surface area (Å²) in [7, 11) is 3.47. The van der Waals surface area contributed by atoms with Crippen LogP contribution in [-0.4, -0.2) is 73.0 Å². The maximum atomic E-state index is 11.8. The van der Waals surface area contributed by atoms with Gasteiger partial charge in [0.2, 0.25) is 5.91 Å². The second-order valence-corrected chi connectivity index (χ2v) is 6.90. The van der Waals surface area contributed by atoms with E-state index in [0.29, 0.717) is 12.5 Å². The van der Waals surface area contributed by atoms with Gasteiger partial charge in [-0.25, -0.2) is 4.99 Å². The number of hydrogen-bond donors (Lipinski definition) is 2. The zero-order chi connectivity index (χ0) is 18.9. The molecule has 1 atom stereocenters. The third-order valence-electron chi connectivity index (χ3n) is 4.33. The van der Waals surface area contributed by atoms with Gasteiger partial charge in [-0.2, -0.15) is 5.10 Å². The maximum absolute atomic E-state index is 11.8. The fourth-order valence-corrected chi connectivity index (χ4v) is 2.82. The number of nitrogens with one attached hydrogen (secondary N) is 2. The molecule has 2 heterocycles. The Morgan fingerprint density at radius 2 is 2.23 bits per heavy atom. The number of nitrogens with zero attached hydrogens (tertiary/aromatic N) is 4. The largest absolute Gasteiger partial charge is 0.376 e. The van der Waals surface area contributed by atoms with Gasteiger partial charge < -0.3 is 20.3 Å². The van der Waals surface area contributed by atoms with E-state index < -0.39 is 0 Å². The van der Waals surface area contributed by atoms with E-state index in [2.05, 4.69) is 33.7 Å². The lowest BCUT2D eigenvalue weighted by Crippen LogP contribution is -2.42. The second kappa shape index (κ2) is 10.2. The van der Waals surface area contributed by atoms with E-state index in [0.717, 1.165) is 44.7 Å². The molecule has 8 heteroatoms. The molecule has 1 aromatic heterocycles. The molecule has 1 fully saturated rings. The van der Waals surface area contributed by atoms with E-state index in [-0.39, 0.29) is 18.6 Å². The fraction of sp³-hybridized carbons (Fsp3) is 0.722. The first-order valence-corrected chi connectivity index (χ1v) is 9.30. The third kappa shape index (κ3) is 6.67. The van der Waals surface area contributed by atoms with Crippen molar-refractivity contribution < 1.29 is 9.53 Å². The molecule has 1 amide bonds. The first kappa shape index (κ1) is 20.2. The Balaban J connectivity index is 1.80. The van der Waals surface area contributed by atoms with E-state index in [1.54, 1.807) is 19.0 Å². The van der Waals surface area contributed by atoms with Crippen LogP contribution >= 0.6 is 0 Å². The van der Waals surface area contributed by atoms with Crippen molar-refractivity contribution in [3.8, 4) is 0 Å². The van der Waals surface area contributed by atoms with Crippen LogP contribution in [0, 0.1) is 13.8 Å². The molecule has 26 heavy (non-hydrogen) atoms. The van der Waals surface area contributed by atoms with E-state index in [9.17, 15) is 4.79 Å². The predicted octanol–water partition coefficient (Wildman–Crippen LogP) is 0.692. The zero-order valence-electron chi connectivity index (χ0n) is 16.4. The van der Waals surface area contributed by atoms with Gasteiger partial charge in [0, 0.05) is 46.0 Å². The average Bonchev–Trinajstić information content (AvgIpc) is 3.22. The molecule has 1 aromatic rings. The van der Waals surface area contributed by atoms with Gasteiger partial charge >= 0.3 is 0 Å². The number of ether oxygens (including phenoxy) is 1. The van der Waals surface area contributed by atoms with Gasteiger partial charge in [0.05, 0.1) is 11.8 Å². The summed E-state index contributed by atoms with van der Waals surface area (Å²) in [5, 5.41) is 11.1. The first-order chi connectivity index (χ1) is 12.5. The molecule has 0 saturated carbocycles. The summed E-state index contributed by atoms with van der Waals surface area (Å²) in [4.78, 5) is 17.7. The van der Waals surface area contributed by atoms with Gasteiger partial charge in [-0.1, -0.05) is 0 Å². The zero-order valence-corrected chi connectivity index (χ0v) is 16.4. The van der Waals surface area contributed by atoms with Gasteiger partial charge in [-0.15, -0.1) is 0 Å². The summed E-state index contributed by atoms with van der Waals surface area (Å²) in [6, 6.07) is 2.08. The van der Waals surface area contributed by atoms with Crippen LogP contribution in [0.3, 0.4) is 0 Å². The van der Waals surface area contributed by atoms with Crippen LogP contribution in [0.4, 0.5) is 0 Å². The average molecular weight is 364 g/mol. The van der Waals surface area contributed by atoms with Crippen molar-refractivity contribution in [2.75, 3.05) is 40.3 Å². The normalized spacial score (nSPS) is 17.4. The second-order valence-electron chi connectivity index (χ2n) is 6.90. The molecule has 0 radical (unpaired) electrons. The monoisotopic (exact) mass is 364 g/mol. The lowest BCUT2D eigenvalue weighted by molar-refractivity contribution is -0.127. The summed E-state index contributed by atoms with van der Waals surface area (Å²) in [6.07, 6.45) is 3.31. The Morgan fingerprint density at radius 3 is 2.85 bits per heavy atom. The van der Waals surface area contributed by atoms with Crippen molar-refractivity contribution in [1.29, 1.82) is 0 Å². The molecule has 146 valence electrons. The summed E-state index contributed by atoms with van der Waals surface area (Å²) in [5.41, 5.74) is 2.21. The minimum atomic E-state index is -0.0224. The molecule has 0 aliphatic carbocycles. The standard InChI is InChI=1S/C18H32N6O2/c1-14-11-15(2)24(22-14)9-6-8-19-18(21-13-17(25)23(3)4)20-12-16-7-5-10-26-16/h11,16H,5-10,12-13H2,1-4H3,(H2,19,20,21). The molecule has 1 saturated heterocycles. The van der Waals surface area contributed by atoms with Crippen molar-refractivity contribution in [1.82, 2.24) is 25.3 Å². The molecule has 0 bridgehead atoms. The summed E-state index contributed by atoms with van der Waals surface area (Å²) >= 11 is 0. The molecule has 0 spiro atoms. The molecule has 1 unspecified atom stereocenters. The Morgan fingerprint density at radius 1 is 1.42 bits per heavy atom. The lowest BCUT2D eigenvalue weighted by atomic mass is 10.2. The van der Waals surface area contributed by atoms with Crippen LogP contribution in [0.2, 0.25) is 0 Å². The minimum Gasteiger partial charge on any atom is -0.376 e. The third-order valence-corrected chi connectivity index (χ3v) is 4.33. The molecule has 1 aliphatic rings. The van der Waals surface area contributed by atoms with E-state index in [1.807, 2.05) is 11.6 Å². The molecule has 0 aromatic carbocycles. The van der Waals surface area contributed by atoms with Gasteiger partial charge in [-0.3, -0.25) is 9.48 Å². The molecule has 2 rings (SSSR count). The number of likely N-dealkylation sites (N-methyl/N-ethyl adjacent to an activating group) is 1. The lowest BCUT2D eigenvalue weighted by Gasteiger charge is -2.16. The van der Waals surface area contributed by atoms with Crippen LogP contribution < -0.4 is 10.6 Å². The summed E-state index contributed by atoms with van der Waals surface area (Å²) in [6.45, 7) is 7.34. The predicted molar refractivity (Wildman–Crippen MR) is 102 cm³/mol. The van der Waals surface area contributed by atoms with Gasteiger partial charge in [0.15, 0.2) is 5.96 Å². The van der Waals surface area contributed by atoms with Crippen LogP contribution in [0.25, 0.3) is 0 Å². The molecule has 2 N–H and O–H groups in total. The number of carbonyl (C=O) groups is 1. The van der Waals surface area contributed by atoms with Crippen molar-refractivity contribution in [2.24, 2.45) is 4.99 Å². The number of rotatable bonds is 8. The number of amides is 1. The Bertz CT molecular complexity index is 605. The highest BCUT2D eigenvalue weighted by Crippen LogP contribution is 2.10. The number of guanidine groups is 1. The van der Waals surface area contributed by atoms with Gasteiger partial charge in [-0.05, 0) is 39.2 Å². The van der Waals surface area contributed by atoms with Crippen molar-refractivity contribution >= 4 is 11.9 Å². The Kier molecular flexibility index (Phi) is 7.90. The minimum absolute atomic E-state index is 0.0224. The highest BCUT2D eigenvalue weighted by atomic mass is 16.5. The first-order valence-electron chi connectivity index (χ1n) is 9.30. The molecule has 8 nitrogen and oxygen atoms in total. The Labute approximate surface area is 156 Å². The number of hydrogen-bond acceptors (Lipinski definition) is 4. The van der Waals surface area contributed by atoms with Crippen molar-refractivity contribution in [2.45, 2.75) is 45.8 Å². The van der Waals surface area contributed by atoms with Crippen molar-refractivity contribution in [3.63, 3.8) is 0 Å². The molecular weight excluding hydrogens is 332 g/mol. The van der Waals surface area contributed by atoms with E-state index in [4.69, 9.17) is 4.74 Å². The van der Waals surface area contributed by atoms with E-state index in [1.165, 1.54) is 5.69 Å². The molecular formula is C18H32N6O2. The van der Waals surface area contributed by atoms with E-state index >= 15 is 0 Å². The Hall–Kier alpha value is -2.09. The van der Waals surface area contributed by atoms with Crippen LogP contribution in [0.1, 0.15) is 30.7 Å². The topological polar surface area (TPSA) is 83.8 Å². The molecule has 1 aliphatic heterocycles. The number of carbonyl (C=O) groups excluding carboxylic acids is 1. The quantitative estimate of drug-likeness (QED) is 0.403. The van der Waals surface area contributed by atoms with Crippen LogP contribution in [0.5, 0.6) is 0 Å². The van der Waals surface area contributed by atoms with Crippen molar-refractivity contribution in [3.05, 3.63) is 17.5 Å². The summed E-state index contributed by atoms with van der Waals surface area (Å²) in [5.74, 6) is 0.634. The number of aryl methyl sites for hydroxylation is 3. The number of aromatic nitrogens is 2. The fourth-order valence-electron chi connectivity index (χ4n) is 2.82. The van der Waals surface area contributed by atoms with Crippen LogP contribution in [0.15, 0.2) is 11.1 Å². The smallest absolute Gasteiger partial charge is 0.243 e. The van der Waals surface area contributed by atoms with Gasteiger partial charge in [0.1, 0.15) is 6.54 Å². The van der Waals surface area contributed by atoms with Gasteiger partial charge in [0.25, 0.3) is 0 Å². The maximum Gasteiger partial charge on any atom is 0.243 e.